The summed E-state index contributed by atoms with van der Waals surface area (Å²) in [6.07, 6.45) is 3.99. The molecule has 186 valence electrons. The molecule has 0 radical (unpaired) electrons. The molecule has 1 amide bonds. The lowest BCUT2D eigenvalue weighted by Gasteiger charge is -2.38. The number of hydrogen-bond acceptors (Lipinski definition) is 4. The number of nitrogens with zero attached hydrogens (tertiary/aromatic N) is 2. The maximum absolute atomic E-state index is 13.1. The number of likely N-dealkylation sites (tertiary alicyclic amines) is 1. The summed E-state index contributed by atoms with van der Waals surface area (Å²) in [5.41, 5.74) is 2.36. The minimum atomic E-state index is -3.67. The fourth-order valence-corrected chi connectivity index (χ4v) is 7.07. The lowest BCUT2D eigenvalue weighted by atomic mass is 9.84. The van der Waals surface area contributed by atoms with E-state index >= 15 is 0 Å². The first-order chi connectivity index (χ1) is 16.8. The number of aromatic nitrogens is 2. The van der Waals surface area contributed by atoms with Gasteiger partial charge in [0, 0.05) is 30.6 Å². The molecule has 2 atom stereocenters. The van der Waals surface area contributed by atoms with E-state index in [1.165, 1.54) is 6.42 Å². The van der Waals surface area contributed by atoms with Gasteiger partial charge in [-0.2, -0.15) is 0 Å². The van der Waals surface area contributed by atoms with Crippen LogP contribution in [0.15, 0.2) is 53.4 Å². The van der Waals surface area contributed by atoms with E-state index in [1.807, 2.05) is 35.2 Å². The number of carbonyl (C=O) groups is 1. The largest absolute Gasteiger partial charge is 0.342 e. The highest BCUT2D eigenvalue weighted by atomic mass is 32.2. The smallest absolute Gasteiger partial charge is 0.240 e. The molecular weight excluding hydrogens is 460 g/mol. The lowest BCUT2D eigenvalue weighted by molar-refractivity contribution is -0.139. The molecule has 1 aromatic heterocycles. The van der Waals surface area contributed by atoms with Gasteiger partial charge in [0.15, 0.2) is 0 Å². The first kappa shape index (κ1) is 24.0. The second kappa shape index (κ2) is 9.74. The first-order valence-corrected chi connectivity index (χ1v) is 14.1. The molecule has 7 nitrogen and oxygen atoms in total. The molecule has 0 bridgehead atoms. The van der Waals surface area contributed by atoms with Gasteiger partial charge in [-0.25, -0.2) is 18.1 Å². The highest BCUT2D eigenvalue weighted by molar-refractivity contribution is 7.89. The molecule has 5 rings (SSSR count). The zero-order valence-electron chi connectivity index (χ0n) is 20.4. The Morgan fingerprint density at radius 1 is 1.00 bits per heavy atom. The number of imidazole rings is 1. The van der Waals surface area contributed by atoms with Crippen LogP contribution in [-0.2, 0) is 14.8 Å². The number of fused-ring (bicyclic) bond motifs is 1. The van der Waals surface area contributed by atoms with E-state index in [4.69, 9.17) is 0 Å². The number of H-pyrrole nitrogens is 1. The standard InChI is InChI=1S/C27H34N4O3S/c1-18-14-19(2)17-31(16-18)27(32)21-8-10-22(11-9-21)30-35(33,34)23-12-13-24-25(15-23)29-26(28-24)20-6-4-3-5-7-20/h3-7,12-13,15,18-19,21-22,30H,8-11,14,16-17H2,1-2H3,(H,28,29)/t18-,19-,21?,22?/m0/s1. The number of nitrogens with one attached hydrogen (secondary N) is 2. The summed E-state index contributed by atoms with van der Waals surface area (Å²) in [6, 6.07) is 14.6. The van der Waals surface area contributed by atoms with Crippen LogP contribution in [0, 0.1) is 17.8 Å². The van der Waals surface area contributed by atoms with Gasteiger partial charge in [-0.05, 0) is 62.1 Å². The van der Waals surface area contributed by atoms with Crippen LogP contribution in [0.4, 0.5) is 0 Å². The number of carbonyl (C=O) groups excluding carboxylic acids is 1. The van der Waals surface area contributed by atoms with Gasteiger partial charge < -0.3 is 9.88 Å². The number of amides is 1. The fourth-order valence-electron chi connectivity index (χ4n) is 5.74. The Hall–Kier alpha value is -2.71. The molecule has 35 heavy (non-hydrogen) atoms. The molecule has 2 aromatic carbocycles. The Morgan fingerprint density at radius 2 is 1.69 bits per heavy atom. The Balaban J connectivity index is 1.22. The zero-order chi connectivity index (χ0) is 24.6. The number of aromatic amines is 1. The predicted molar refractivity (Wildman–Crippen MR) is 137 cm³/mol. The van der Waals surface area contributed by atoms with Crippen molar-refractivity contribution in [2.24, 2.45) is 17.8 Å². The molecular formula is C27H34N4O3S. The highest BCUT2D eigenvalue weighted by Crippen LogP contribution is 2.30. The van der Waals surface area contributed by atoms with Crippen molar-refractivity contribution >= 4 is 27.0 Å². The van der Waals surface area contributed by atoms with Crippen molar-refractivity contribution in [3.63, 3.8) is 0 Å². The van der Waals surface area contributed by atoms with Gasteiger partial charge in [0.25, 0.3) is 0 Å². The third kappa shape index (κ3) is 5.28. The van der Waals surface area contributed by atoms with Crippen molar-refractivity contribution in [3.05, 3.63) is 48.5 Å². The summed E-state index contributed by atoms with van der Waals surface area (Å²) in [5.74, 6) is 2.06. The lowest BCUT2D eigenvalue weighted by Crippen LogP contribution is -2.47. The molecule has 2 heterocycles. The van der Waals surface area contributed by atoms with Crippen molar-refractivity contribution < 1.29 is 13.2 Å². The number of hydrogen-bond donors (Lipinski definition) is 2. The van der Waals surface area contributed by atoms with Gasteiger partial charge in [0.1, 0.15) is 5.82 Å². The average molecular weight is 495 g/mol. The number of sulfonamides is 1. The summed E-state index contributed by atoms with van der Waals surface area (Å²) in [6.45, 7) is 6.12. The zero-order valence-corrected chi connectivity index (χ0v) is 21.2. The van der Waals surface area contributed by atoms with Gasteiger partial charge in [0.2, 0.25) is 15.9 Å². The molecule has 1 saturated heterocycles. The van der Waals surface area contributed by atoms with E-state index in [0.717, 1.165) is 37.0 Å². The normalized spacial score (nSPS) is 25.6. The molecule has 2 N–H and O–H groups in total. The van der Waals surface area contributed by atoms with Crippen LogP contribution in [0.25, 0.3) is 22.4 Å². The van der Waals surface area contributed by atoms with E-state index in [1.54, 1.807) is 18.2 Å². The van der Waals surface area contributed by atoms with E-state index in [-0.39, 0.29) is 22.8 Å². The van der Waals surface area contributed by atoms with E-state index in [9.17, 15) is 13.2 Å². The second-order valence-electron chi connectivity index (χ2n) is 10.5. The summed E-state index contributed by atoms with van der Waals surface area (Å²) in [4.78, 5) is 23.2. The Bertz CT molecular complexity index is 1290. The third-order valence-corrected chi connectivity index (χ3v) is 8.91. The number of piperidine rings is 1. The van der Waals surface area contributed by atoms with E-state index < -0.39 is 10.0 Å². The quantitative estimate of drug-likeness (QED) is 0.543. The SMILES string of the molecule is C[C@H]1C[C@H](C)CN(C(=O)C2CCC(NS(=O)(=O)c3ccc4nc(-c5ccccc5)[nH]c4c3)CC2)C1. The molecule has 8 heteroatoms. The topological polar surface area (TPSA) is 95.2 Å². The van der Waals surface area contributed by atoms with Crippen LogP contribution in [0.2, 0.25) is 0 Å². The van der Waals surface area contributed by atoms with Crippen LogP contribution in [0.3, 0.4) is 0 Å². The van der Waals surface area contributed by atoms with Gasteiger partial charge in [0.05, 0.1) is 15.9 Å². The van der Waals surface area contributed by atoms with Crippen LogP contribution >= 0.6 is 0 Å². The van der Waals surface area contributed by atoms with Crippen molar-refractivity contribution in [2.75, 3.05) is 13.1 Å². The predicted octanol–water partition coefficient (Wildman–Crippen LogP) is 4.57. The Morgan fingerprint density at radius 3 is 2.37 bits per heavy atom. The number of rotatable bonds is 5. The average Bonchev–Trinajstić information content (AvgIpc) is 3.27. The van der Waals surface area contributed by atoms with Crippen molar-refractivity contribution in [2.45, 2.75) is 56.9 Å². The Kier molecular flexibility index (Phi) is 6.68. The molecule has 2 aliphatic rings. The van der Waals surface area contributed by atoms with Crippen molar-refractivity contribution in [1.82, 2.24) is 19.6 Å². The Labute approximate surface area is 207 Å². The van der Waals surface area contributed by atoms with Crippen LogP contribution in [0.1, 0.15) is 46.0 Å². The minimum Gasteiger partial charge on any atom is -0.342 e. The molecule has 1 saturated carbocycles. The fraction of sp³-hybridized carbons (Fsp3) is 0.481. The highest BCUT2D eigenvalue weighted by Gasteiger charge is 2.34. The van der Waals surface area contributed by atoms with Crippen LogP contribution < -0.4 is 4.72 Å². The van der Waals surface area contributed by atoms with Crippen molar-refractivity contribution in [1.29, 1.82) is 0 Å². The molecule has 2 fully saturated rings. The second-order valence-corrected chi connectivity index (χ2v) is 12.2. The minimum absolute atomic E-state index is 0.00556. The monoisotopic (exact) mass is 494 g/mol. The molecule has 1 aliphatic carbocycles. The van der Waals surface area contributed by atoms with Gasteiger partial charge in [-0.15, -0.1) is 0 Å². The molecule has 0 unspecified atom stereocenters. The van der Waals surface area contributed by atoms with Gasteiger partial charge in [-0.1, -0.05) is 44.2 Å². The summed E-state index contributed by atoms with van der Waals surface area (Å²) >= 11 is 0. The maximum Gasteiger partial charge on any atom is 0.240 e. The summed E-state index contributed by atoms with van der Waals surface area (Å²) in [7, 11) is -3.67. The van der Waals surface area contributed by atoms with Crippen molar-refractivity contribution in [3.8, 4) is 11.4 Å². The molecule has 1 aliphatic heterocycles. The third-order valence-electron chi connectivity index (χ3n) is 7.39. The van der Waals surface area contributed by atoms with Gasteiger partial charge >= 0.3 is 0 Å². The van der Waals surface area contributed by atoms with Crippen LogP contribution in [-0.4, -0.2) is 48.3 Å². The maximum atomic E-state index is 13.1. The number of benzene rings is 2. The first-order valence-electron chi connectivity index (χ1n) is 12.6. The van der Waals surface area contributed by atoms with Crippen LogP contribution in [0.5, 0.6) is 0 Å². The molecule has 0 spiro atoms. The summed E-state index contributed by atoms with van der Waals surface area (Å²) in [5, 5.41) is 0. The van der Waals surface area contributed by atoms with E-state index in [2.05, 4.69) is 28.5 Å². The van der Waals surface area contributed by atoms with Gasteiger partial charge in [-0.3, -0.25) is 4.79 Å². The summed E-state index contributed by atoms with van der Waals surface area (Å²) < 4.78 is 29.2. The molecule has 3 aromatic rings. The van der Waals surface area contributed by atoms with E-state index in [0.29, 0.717) is 36.0 Å².